The van der Waals surface area contributed by atoms with Crippen molar-refractivity contribution >= 4 is 17.8 Å². The number of nitrogens with two attached hydrogens (primary N) is 1. The van der Waals surface area contributed by atoms with Gasteiger partial charge in [0.15, 0.2) is 0 Å². The molecule has 1 amide bonds. The lowest BCUT2D eigenvalue weighted by molar-refractivity contribution is -0.146. The second-order valence-corrected chi connectivity index (χ2v) is 8.92. The predicted molar refractivity (Wildman–Crippen MR) is 122 cm³/mol. The highest BCUT2D eigenvalue weighted by Gasteiger charge is 2.39. The van der Waals surface area contributed by atoms with Crippen LogP contribution in [-0.2, 0) is 9.53 Å². The Labute approximate surface area is 197 Å². The number of hydrogen-bond acceptors (Lipinski definition) is 10. The van der Waals surface area contributed by atoms with Crippen LogP contribution in [-0.4, -0.2) is 87.5 Å². The maximum absolute atomic E-state index is 15.4. The van der Waals surface area contributed by atoms with Crippen molar-refractivity contribution < 1.29 is 23.8 Å². The van der Waals surface area contributed by atoms with Crippen LogP contribution in [0.25, 0.3) is 11.3 Å². The molecule has 184 valence electrons. The lowest BCUT2D eigenvalue weighted by atomic mass is 9.87. The second kappa shape index (κ2) is 10.0. The number of rotatable bonds is 7. The molecule has 0 unspecified atom stereocenters. The zero-order valence-electron chi connectivity index (χ0n) is 19.5. The molecule has 3 N–H and O–H groups in total. The third-order valence-electron chi connectivity index (χ3n) is 6.18. The van der Waals surface area contributed by atoms with Crippen molar-refractivity contribution in [2.75, 3.05) is 44.0 Å². The maximum atomic E-state index is 15.4. The molecule has 1 saturated carbocycles. The molecule has 2 fully saturated rings. The number of halogens is 1. The van der Waals surface area contributed by atoms with Gasteiger partial charge in [0.2, 0.25) is 17.7 Å². The van der Waals surface area contributed by atoms with Crippen molar-refractivity contribution in [2.45, 2.75) is 44.9 Å². The number of anilines is 2. The summed E-state index contributed by atoms with van der Waals surface area (Å²) in [6.45, 7) is 5.75. The lowest BCUT2D eigenvalue weighted by Crippen LogP contribution is -2.53. The Morgan fingerprint density at radius 3 is 2.53 bits per heavy atom. The summed E-state index contributed by atoms with van der Waals surface area (Å²) in [5.41, 5.74) is 5.94. The first kappa shape index (κ1) is 24.0. The van der Waals surface area contributed by atoms with Gasteiger partial charge in [-0.25, -0.2) is 15.0 Å². The summed E-state index contributed by atoms with van der Waals surface area (Å²) in [5, 5.41) is 10.1. The zero-order chi connectivity index (χ0) is 24.4. The molecular formula is C22H30FN7O4. The second-order valence-electron chi connectivity index (χ2n) is 8.92. The fourth-order valence-corrected chi connectivity index (χ4v) is 3.83. The van der Waals surface area contributed by atoms with E-state index in [1.54, 1.807) is 20.9 Å². The van der Waals surface area contributed by atoms with Gasteiger partial charge in [-0.1, -0.05) is 13.8 Å². The molecule has 4 rings (SSSR count). The molecule has 12 heteroatoms. The van der Waals surface area contributed by atoms with E-state index in [1.165, 1.54) is 17.3 Å². The van der Waals surface area contributed by atoms with Crippen LogP contribution in [0.3, 0.4) is 0 Å². The van der Waals surface area contributed by atoms with Gasteiger partial charge in [-0.15, -0.1) is 0 Å². The Morgan fingerprint density at radius 1 is 1.26 bits per heavy atom. The highest BCUT2D eigenvalue weighted by atomic mass is 19.1. The highest BCUT2D eigenvalue weighted by molar-refractivity contribution is 5.81. The minimum absolute atomic E-state index is 0.0229. The molecule has 11 nitrogen and oxygen atoms in total. The molecule has 1 aliphatic heterocycles. The number of nitrogen functional groups attached to an aromatic ring is 1. The third kappa shape index (κ3) is 5.02. The maximum Gasteiger partial charge on any atom is 0.256 e. The summed E-state index contributed by atoms with van der Waals surface area (Å²) in [6, 6.07) is -0.0977. The average Bonchev–Trinajstić information content (AvgIpc) is 2.81. The summed E-state index contributed by atoms with van der Waals surface area (Å²) >= 11 is 0. The number of morpholine rings is 1. The van der Waals surface area contributed by atoms with E-state index in [4.69, 9.17) is 15.2 Å². The van der Waals surface area contributed by atoms with Crippen molar-refractivity contribution in [3.8, 4) is 17.1 Å². The van der Waals surface area contributed by atoms with Crippen LogP contribution < -0.4 is 15.4 Å². The van der Waals surface area contributed by atoms with Gasteiger partial charge in [0.05, 0.1) is 13.2 Å². The number of aromatic nitrogens is 4. The molecular weight excluding hydrogens is 445 g/mol. The quantitative estimate of drug-likeness (QED) is 0.593. The lowest BCUT2D eigenvalue weighted by Gasteiger charge is -2.41. The number of amides is 1. The summed E-state index contributed by atoms with van der Waals surface area (Å²) in [4.78, 5) is 32.5. The van der Waals surface area contributed by atoms with Crippen LogP contribution in [0.4, 0.5) is 16.3 Å². The predicted octanol–water partition coefficient (Wildman–Crippen LogP) is 0.877. The molecule has 1 atom stereocenters. The topological polar surface area (TPSA) is 140 Å². The number of aliphatic hydroxyl groups is 1. The van der Waals surface area contributed by atoms with Gasteiger partial charge in [-0.05, 0) is 5.92 Å². The van der Waals surface area contributed by atoms with E-state index in [1.807, 2.05) is 4.90 Å². The van der Waals surface area contributed by atoms with Crippen molar-refractivity contribution in [1.29, 1.82) is 0 Å². The van der Waals surface area contributed by atoms with Gasteiger partial charge in [0.1, 0.15) is 17.9 Å². The van der Waals surface area contributed by atoms with Crippen molar-refractivity contribution in [1.82, 2.24) is 24.8 Å². The Morgan fingerprint density at radius 2 is 1.91 bits per heavy atom. The van der Waals surface area contributed by atoms with Gasteiger partial charge in [0, 0.05) is 57.0 Å². The number of nitrogens with zero attached hydrogens (tertiary/aromatic N) is 6. The molecule has 1 aliphatic carbocycles. The average molecular weight is 476 g/mol. The van der Waals surface area contributed by atoms with Crippen LogP contribution >= 0.6 is 0 Å². The van der Waals surface area contributed by atoms with E-state index in [0.29, 0.717) is 50.7 Å². The van der Waals surface area contributed by atoms with Crippen LogP contribution in [0.15, 0.2) is 12.4 Å². The minimum atomic E-state index is -1.05. The molecule has 1 saturated heterocycles. The number of ether oxygens (including phenoxy) is 2. The molecule has 3 heterocycles. The normalized spacial score (nSPS) is 21.2. The highest BCUT2D eigenvalue weighted by Crippen LogP contribution is 2.34. The van der Waals surface area contributed by atoms with Crippen molar-refractivity contribution in [2.24, 2.45) is 5.92 Å². The molecule has 2 aliphatic rings. The fourth-order valence-electron chi connectivity index (χ4n) is 3.83. The van der Waals surface area contributed by atoms with Gasteiger partial charge in [-0.3, -0.25) is 4.79 Å². The first-order valence-corrected chi connectivity index (χ1v) is 11.3. The van der Waals surface area contributed by atoms with Crippen LogP contribution in [0.2, 0.25) is 0 Å². The summed E-state index contributed by atoms with van der Waals surface area (Å²) in [7, 11) is 1.66. The van der Waals surface area contributed by atoms with E-state index in [2.05, 4.69) is 19.9 Å². The molecule has 0 radical (unpaired) electrons. The number of carbonyl (C=O) groups excluding carboxylic acids is 1. The van der Waals surface area contributed by atoms with Gasteiger partial charge in [-0.2, -0.15) is 9.37 Å². The zero-order valence-corrected chi connectivity index (χ0v) is 19.5. The largest absolute Gasteiger partial charge is 0.472 e. The van der Waals surface area contributed by atoms with E-state index in [-0.39, 0.29) is 41.5 Å². The molecule has 0 bridgehead atoms. The van der Waals surface area contributed by atoms with Crippen molar-refractivity contribution in [3.63, 3.8) is 0 Å². The Hall–Kier alpha value is -3.12. The minimum Gasteiger partial charge on any atom is -0.472 e. The Kier molecular flexibility index (Phi) is 7.08. The van der Waals surface area contributed by atoms with E-state index >= 15 is 4.39 Å². The van der Waals surface area contributed by atoms with Crippen molar-refractivity contribution in [3.05, 3.63) is 18.2 Å². The number of aliphatic hydroxyl groups excluding tert-OH is 1. The van der Waals surface area contributed by atoms with Gasteiger partial charge < -0.3 is 30.1 Å². The number of carbonyl (C=O) groups is 1. The first-order valence-electron chi connectivity index (χ1n) is 11.3. The molecule has 2 aromatic rings. The van der Waals surface area contributed by atoms with Crippen LogP contribution in [0.1, 0.15) is 26.7 Å². The monoisotopic (exact) mass is 475 g/mol. The van der Waals surface area contributed by atoms with E-state index < -0.39 is 11.9 Å². The molecule has 2 aromatic heterocycles. The number of hydrogen-bond donors (Lipinski definition) is 2. The van der Waals surface area contributed by atoms with E-state index in [0.717, 1.165) is 0 Å². The third-order valence-corrected chi connectivity index (χ3v) is 6.18. The first-order chi connectivity index (χ1) is 16.2. The van der Waals surface area contributed by atoms with Crippen LogP contribution in [0.5, 0.6) is 5.88 Å². The molecule has 34 heavy (non-hydrogen) atoms. The summed E-state index contributed by atoms with van der Waals surface area (Å²) in [5.74, 6) is -0.977. The SMILES string of the molecule is CC(C)[C@@H](O)C(=O)N(C)C1CC(Oc2nc(N3CCOCC3)nc(-c3cnc(N)nc3)c2F)C1. The van der Waals surface area contributed by atoms with Gasteiger partial charge >= 0.3 is 0 Å². The Bertz CT molecular complexity index is 1010. The smallest absolute Gasteiger partial charge is 0.256 e. The van der Waals surface area contributed by atoms with Crippen LogP contribution in [0, 0.1) is 11.7 Å². The van der Waals surface area contributed by atoms with E-state index in [9.17, 15) is 9.90 Å². The fraction of sp³-hybridized carbons (Fsp3) is 0.591. The molecule has 0 spiro atoms. The molecule has 0 aromatic carbocycles. The Balaban J connectivity index is 1.53. The summed E-state index contributed by atoms with van der Waals surface area (Å²) in [6.07, 6.45) is 2.44. The summed E-state index contributed by atoms with van der Waals surface area (Å²) < 4.78 is 26.7. The van der Waals surface area contributed by atoms with Gasteiger partial charge in [0.25, 0.3) is 11.8 Å². The standard InChI is InChI=1S/C22H30FN7O4/c1-12(2)18(31)20(32)29(3)14-8-15(9-14)34-19-16(23)17(13-10-25-21(24)26-11-13)27-22(28-19)30-4-6-33-7-5-30/h10-12,14-15,18,31H,4-9H2,1-3H3,(H2,24,25,26)/t14?,15?,18-/m1/s1. The number of likely N-dealkylation sites (N-methyl/N-ethyl adjacent to an activating group) is 1.